The van der Waals surface area contributed by atoms with Gasteiger partial charge in [0.2, 0.25) is 0 Å². The molecule has 0 amide bonds. The minimum absolute atomic E-state index is 0.206. The Kier molecular flexibility index (Phi) is 4.24. The van der Waals surface area contributed by atoms with Crippen molar-refractivity contribution in [3.05, 3.63) is 0 Å². The fourth-order valence-corrected chi connectivity index (χ4v) is 0.589. The highest BCUT2D eigenvalue weighted by Gasteiger charge is 2.13. The largest absolute Gasteiger partial charge is 0.465 e. The van der Waals surface area contributed by atoms with Gasteiger partial charge in [0.05, 0.1) is 6.61 Å². The molecule has 0 rings (SSSR count). The lowest BCUT2D eigenvalue weighted by Gasteiger charge is -2.17. The predicted octanol–water partition coefficient (Wildman–Crippen LogP) is 1.31. The maximum atomic E-state index is 10.9. The molecule has 0 aliphatic carbocycles. The fourth-order valence-electron chi connectivity index (χ4n) is 0.589. The van der Waals surface area contributed by atoms with Crippen molar-refractivity contribution >= 4 is 5.97 Å². The Balaban J connectivity index is 3.51. The Morgan fingerprint density at radius 3 is 2.33 bits per heavy atom. The van der Waals surface area contributed by atoms with Gasteiger partial charge < -0.3 is 10.5 Å². The topological polar surface area (TPSA) is 52.3 Å². The van der Waals surface area contributed by atoms with Gasteiger partial charge in [0.1, 0.15) is 6.04 Å². The van der Waals surface area contributed by atoms with E-state index in [9.17, 15) is 4.79 Å². The van der Waals surface area contributed by atoms with Crippen LogP contribution in [0.1, 0.15) is 34.1 Å². The summed E-state index contributed by atoms with van der Waals surface area (Å²) < 4.78 is 4.92. The second-order valence-corrected chi connectivity index (χ2v) is 4.27. The highest BCUT2D eigenvalue weighted by Crippen LogP contribution is 2.17. The number of hydrogen-bond donors (Lipinski definition) is 1. The maximum Gasteiger partial charge on any atom is 0.322 e. The monoisotopic (exact) mass is 173 g/mol. The van der Waals surface area contributed by atoms with Crippen molar-refractivity contribution in [2.75, 3.05) is 6.61 Å². The van der Waals surface area contributed by atoms with Gasteiger partial charge in [-0.25, -0.2) is 0 Å². The molecule has 1 atom stereocenters. The number of nitrogens with two attached hydrogens (primary N) is 1. The van der Waals surface area contributed by atoms with Crippen LogP contribution in [0.25, 0.3) is 0 Å². The third-order valence-electron chi connectivity index (χ3n) is 1.47. The molecule has 0 aromatic rings. The first kappa shape index (κ1) is 11.4. The number of esters is 1. The van der Waals surface area contributed by atoms with Crippen molar-refractivity contribution in [2.24, 2.45) is 11.1 Å². The lowest BCUT2D eigenvalue weighted by atomic mass is 9.93. The summed E-state index contributed by atoms with van der Waals surface area (Å²) in [7, 11) is 0. The van der Waals surface area contributed by atoms with E-state index in [-0.39, 0.29) is 11.4 Å². The summed E-state index contributed by atoms with van der Waals surface area (Å²) in [6, 6.07) is -0.509. The molecule has 0 unspecified atom stereocenters. The molecule has 0 fully saturated rings. The normalized spacial score (nSPS) is 14.1. The third kappa shape index (κ3) is 6.16. The van der Waals surface area contributed by atoms with E-state index in [4.69, 9.17) is 10.5 Å². The molecule has 0 spiro atoms. The summed E-state index contributed by atoms with van der Waals surface area (Å²) in [5.41, 5.74) is 5.52. The summed E-state index contributed by atoms with van der Waals surface area (Å²) >= 11 is 0. The molecule has 0 heterocycles. The minimum Gasteiger partial charge on any atom is -0.465 e. The van der Waals surface area contributed by atoms with Crippen molar-refractivity contribution in [1.29, 1.82) is 0 Å². The van der Waals surface area contributed by atoms with Crippen LogP contribution in [0.3, 0.4) is 0 Å². The molecule has 12 heavy (non-hydrogen) atoms. The first-order valence-corrected chi connectivity index (χ1v) is 4.25. The lowest BCUT2D eigenvalue weighted by Crippen LogP contribution is -2.29. The minimum atomic E-state index is -0.509. The Morgan fingerprint density at radius 2 is 2.00 bits per heavy atom. The molecule has 0 aliphatic heterocycles. The molecule has 0 saturated heterocycles. The van der Waals surface area contributed by atoms with Gasteiger partial charge in [-0.15, -0.1) is 0 Å². The number of ether oxygens (including phenoxy) is 1. The molecular formula is C9H19NO2. The van der Waals surface area contributed by atoms with Crippen LogP contribution in [0.2, 0.25) is 0 Å². The quantitative estimate of drug-likeness (QED) is 0.655. The van der Waals surface area contributed by atoms with E-state index in [1.165, 1.54) is 0 Å². The molecule has 0 aromatic heterocycles. The highest BCUT2D eigenvalue weighted by atomic mass is 16.5. The molecule has 0 radical (unpaired) electrons. The molecule has 0 bridgehead atoms. The van der Waals surface area contributed by atoms with Crippen LogP contribution in [-0.4, -0.2) is 18.6 Å². The van der Waals surface area contributed by atoms with Gasteiger partial charge in [-0.2, -0.15) is 0 Å². The SMILES string of the molecule is C[C@@H](N)C(=O)OCCC(C)(C)C. The van der Waals surface area contributed by atoms with Crippen LogP contribution in [0, 0.1) is 5.41 Å². The van der Waals surface area contributed by atoms with Crippen molar-refractivity contribution in [3.8, 4) is 0 Å². The molecule has 0 aromatic carbocycles. The van der Waals surface area contributed by atoms with Crippen molar-refractivity contribution < 1.29 is 9.53 Å². The average molecular weight is 173 g/mol. The van der Waals surface area contributed by atoms with E-state index < -0.39 is 6.04 Å². The zero-order valence-electron chi connectivity index (χ0n) is 8.39. The predicted molar refractivity (Wildman–Crippen MR) is 48.7 cm³/mol. The summed E-state index contributed by atoms with van der Waals surface area (Å²) in [5, 5.41) is 0. The van der Waals surface area contributed by atoms with Gasteiger partial charge in [-0.3, -0.25) is 4.79 Å². The van der Waals surface area contributed by atoms with Crippen LogP contribution in [0.4, 0.5) is 0 Å². The Labute approximate surface area is 74.3 Å². The van der Waals surface area contributed by atoms with Crippen LogP contribution in [0.15, 0.2) is 0 Å². The van der Waals surface area contributed by atoms with Crippen LogP contribution in [-0.2, 0) is 9.53 Å². The van der Waals surface area contributed by atoms with Crippen LogP contribution >= 0.6 is 0 Å². The third-order valence-corrected chi connectivity index (χ3v) is 1.47. The molecule has 72 valence electrons. The number of rotatable bonds is 3. The smallest absolute Gasteiger partial charge is 0.322 e. The summed E-state index contributed by atoms with van der Waals surface area (Å²) in [5.74, 6) is -0.320. The molecular weight excluding hydrogens is 154 g/mol. The van der Waals surface area contributed by atoms with Crippen LogP contribution < -0.4 is 5.73 Å². The molecule has 0 aliphatic rings. The first-order valence-electron chi connectivity index (χ1n) is 4.25. The van der Waals surface area contributed by atoms with E-state index in [1.807, 2.05) is 0 Å². The van der Waals surface area contributed by atoms with Crippen LogP contribution in [0.5, 0.6) is 0 Å². The van der Waals surface area contributed by atoms with E-state index in [2.05, 4.69) is 20.8 Å². The number of carbonyl (C=O) groups is 1. The summed E-state index contributed by atoms with van der Waals surface area (Å²) in [6.07, 6.45) is 0.867. The van der Waals surface area contributed by atoms with Crippen molar-refractivity contribution in [1.82, 2.24) is 0 Å². The fraction of sp³-hybridized carbons (Fsp3) is 0.889. The number of hydrogen-bond acceptors (Lipinski definition) is 3. The molecule has 0 saturated carbocycles. The standard InChI is InChI=1S/C9H19NO2/c1-7(10)8(11)12-6-5-9(2,3)4/h7H,5-6,10H2,1-4H3/t7-/m1/s1. The van der Waals surface area contributed by atoms with Gasteiger partial charge in [0, 0.05) is 0 Å². The number of carbonyl (C=O) groups excluding carboxylic acids is 1. The zero-order chi connectivity index (χ0) is 9.78. The Bertz CT molecular complexity index is 147. The first-order chi connectivity index (χ1) is 5.33. The van der Waals surface area contributed by atoms with E-state index in [1.54, 1.807) is 6.92 Å². The average Bonchev–Trinajstić information content (AvgIpc) is 1.84. The lowest BCUT2D eigenvalue weighted by molar-refractivity contribution is -0.145. The second-order valence-electron chi connectivity index (χ2n) is 4.27. The molecule has 3 heteroatoms. The summed E-state index contributed by atoms with van der Waals surface area (Å²) in [4.78, 5) is 10.9. The Hall–Kier alpha value is -0.570. The molecule has 3 nitrogen and oxygen atoms in total. The van der Waals surface area contributed by atoms with Crippen molar-refractivity contribution in [3.63, 3.8) is 0 Å². The van der Waals surface area contributed by atoms with E-state index in [0.29, 0.717) is 6.61 Å². The maximum absolute atomic E-state index is 10.9. The van der Waals surface area contributed by atoms with E-state index >= 15 is 0 Å². The zero-order valence-corrected chi connectivity index (χ0v) is 8.39. The van der Waals surface area contributed by atoms with Crippen molar-refractivity contribution in [2.45, 2.75) is 40.2 Å². The summed E-state index contributed by atoms with van der Waals surface area (Å²) in [6.45, 7) is 8.40. The Morgan fingerprint density at radius 1 is 1.50 bits per heavy atom. The van der Waals surface area contributed by atoms with Gasteiger partial charge in [-0.1, -0.05) is 20.8 Å². The second kappa shape index (κ2) is 4.45. The van der Waals surface area contributed by atoms with Gasteiger partial charge >= 0.3 is 5.97 Å². The molecule has 2 N–H and O–H groups in total. The van der Waals surface area contributed by atoms with Gasteiger partial charge in [-0.05, 0) is 18.8 Å². The van der Waals surface area contributed by atoms with Gasteiger partial charge in [0.25, 0.3) is 0 Å². The van der Waals surface area contributed by atoms with E-state index in [0.717, 1.165) is 6.42 Å². The highest BCUT2D eigenvalue weighted by molar-refractivity contribution is 5.74. The van der Waals surface area contributed by atoms with Gasteiger partial charge in [0.15, 0.2) is 0 Å².